The van der Waals surface area contributed by atoms with Crippen molar-refractivity contribution in [2.75, 3.05) is 45.9 Å². The van der Waals surface area contributed by atoms with E-state index >= 15 is 0 Å². The number of nitrogens with zero attached hydrogens (tertiary/aromatic N) is 4. The molecule has 3 heterocycles. The standard InChI is InChI=1S/C22H30N4O2/c1-19-23-9-10-25(19)14-11-24-12-15-26(16-13-24)21(27)22(7-17-28-18-8-22)20-5-3-2-4-6-20/h2-6,9-10H,7-8,11-18H2,1H3. The number of amides is 1. The highest BCUT2D eigenvalue weighted by atomic mass is 16.5. The summed E-state index contributed by atoms with van der Waals surface area (Å²) < 4.78 is 7.78. The van der Waals surface area contributed by atoms with Crippen LogP contribution in [0.3, 0.4) is 0 Å². The van der Waals surface area contributed by atoms with Gasteiger partial charge in [0, 0.05) is 64.9 Å². The molecule has 2 aliphatic rings. The number of benzene rings is 1. The first-order valence-corrected chi connectivity index (χ1v) is 10.3. The molecule has 1 aromatic carbocycles. The van der Waals surface area contributed by atoms with Gasteiger partial charge in [-0.25, -0.2) is 4.98 Å². The molecule has 150 valence electrons. The van der Waals surface area contributed by atoms with E-state index in [9.17, 15) is 4.79 Å². The Hall–Kier alpha value is -2.18. The molecule has 1 aromatic heterocycles. The summed E-state index contributed by atoms with van der Waals surface area (Å²) >= 11 is 0. The molecule has 2 aromatic rings. The van der Waals surface area contributed by atoms with Crippen molar-refractivity contribution in [1.82, 2.24) is 19.4 Å². The fraction of sp³-hybridized carbons (Fsp3) is 0.545. The first-order valence-electron chi connectivity index (χ1n) is 10.3. The van der Waals surface area contributed by atoms with Crippen molar-refractivity contribution < 1.29 is 9.53 Å². The Kier molecular flexibility index (Phi) is 5.78. The quantitative estimate of drug-likeness (QED) is 0.795. The van der Waals surface area contributed by atoms with Crippen LogP contribution in [0.4, 0.5) is 0 Å². The molecule has 0 aliphatic carbocycles. The van der Waals surface area contributed by atoms with Crippen LogP contribution in [0.15, 0.2) is 42.7 Å². The van der Waals surface area contributed by atoms with E-state index in [4.69, 9.17) is 4.74 Å². The predicted octanol–water partition coefficient (Wildman–Crippen LogP) is 2.08. The van der Waals surface area contributed by atoms with Crippen LogP contribution in [0.2, 0.25) is 0 Å². The molecular formula is C22H30N4O2. The molecule has 4 rings (SSSR count). The van der Waals surface area contributed by atoms with Crippen LogP contribution in [0.25, 0.3) is 0 Å². The van der Waals surface area contributed by atoms with Gasteiger partial charge in [0.1, 0.15) is 5.82 Å². The average Bonchev–Trinajstić information content (AvgIpc) is 3.18. The van der Waals surface area contributed by atoms with Gasteiger partial charge in [-0.15, -0.1) is 0 Å². The summed E-state index contributed by atoms with van der Waals surface area (Å²) in [5.74, 6) is 1.34. The van der Waals surface area contributed by atoms with Crippen molar-refractivity contribution in [2.24, 2.45) is 0 Å². The molecule has 6 nitrogen and oxygen atoms in total. The van der Waals surface area contributed by atoms with Crippen molar-refractivity contribution in [3.8, 4) is 0 Å². The second kappa shape index (κ2) is 8.45. The molecule has 6 heteroatoms. The molecule has 1 amide bonds. The minimum atomic E-state index is -0.421. The van der Waals surface area contributed by atoms with Crippen LogP contribution in [0.1, 0.15) is 24.2 Å². The van der Waals surface area contributed by atoms with E-state index in [0.29, 0.717) is 13.2 Å². The Morgan fingerprint density at radius 3 is 2.43 bits per heavy atom. The Labute approximate surface area is 167 Å². The highest BCUT2D eigenvalue weighted by Gasteiger charge is 2.44. The van der Waals surface area contributed by atoms with Crippen molar-refractivity contribution in [2.45, 2.75) is 31.7 Å². The summed E-state index contributed by atoms with van der Waals surface area (Å²) in [6.45, 7) is 8.77. The maximum absolute atomic E-state index is 13.6. The molecule has 0 unspecified atom stereocenters. The van der Waals surface area contributed by atoms with E-state index in [1.165, 1.54) is 0 Å². The summed E-state index contributed by atoms with van der Waals surface area (Å²) in [5, 5.41) is 0. The minimum absolute atomic E-state index is 0.284. The number of rotatable bonds is 5. The maximum atomic E-state index is 13.6. The molecule has 0 spiro atoms. The normalized spacial score (nSPS) is 20.2. The van der Waals surface area contributed by atoms with Crippen molar-refractivity contribution >= 4 is 5.91 Å². The summed E-state index contributed by atoms with van der Waals surface area (Å²) in [4.78, 5) is 22.4. The van der Waals surface area contributed by atoms with Gasteiger partial charge in [0.2, 0.25) is 5.91 Å². The molecule has 2 saturated heterocycles. The van der Waals surface area contributed by atoms with Crippen LogP contribution in [-0.4, -0.2) is 71.2 Å². The Morgan fingerprint density at radius 1 is 1.07 bits per heavy atom. The smallest absolute Gasteiger partial charge is 0.233 e. The number of piperazine rings is 1. The molecule has 0 N–H and O–H groups in total. The summed E-state index contributed by atoms with van der Waals surface area (Å²) in [7, 11) is 0. The van der Waals surface area contributed by atoms with Gasteiger partial charge in [-0.3, -0.25) is 9.69 Å². The van der Waals surface area contributed by atoms with Crippen molar-refractivity contribution in [3.63, 3.8) is 0 Å². The van der Waals surface area contributed by atoms with Crippen LogP contribution in [0, 0.1) is 6.92 Å². The van der Waals surface area contributed by atoms with Gasteiger partial charge in [0.15, 0.2) is 0 Å². The third-order valence-electron chi connectivity index (χ3n) is 6.32. The SMILES string of the molecule is Cc1nccn1CCN1CCN(C(=O)C2(c3ccccc3)CCOCC2)CC1. The third-order valence-corrected chi connectivity index (χ3v) is 6.32. The van der Waals surface area contributed by atoms with E-state index in [1.807, 2.05) is 37.5 Å². The fourth-order valence-electron chi connectivity index (χ4n) is 4.47. The number of aromatic nitrogens is 2. The number of imidazole rings is 1. The number of hydrogen-bond donors (Lipinski definition) is 0. The molecule has 0 saturated carbocycles. The first-order chi connectivity index (χ1) is 13.7. The molecule has 28 heavy (non-hydrogen) atoms. The average molecular weight is 383 g/mol. The summed E-state index contributed by atoms with van der Waals surface area (Å²) in [6, 6.07) is 10.3. The zero-order valence-electron chi connectivity index (χ0n) is 16.7. The molecular weight excluding hydrogens is 352 g/mol. The molecule has 2 aliphatic heterocycles. The lowest BCUT2D eigenvalue weighted by molar-refractivity contribution is -0.143. The molecule has 0 radical (unpaired) electrons. The third kappa shape index (κ3) is 3.84. The number of carbonyl (C=O) groups is 1. The van der Waals surface area contributed by atoms with Crippen LogP contribution >= 0.6 is 0 Å². The monoisotopic (exact) mass is 382 g/mol. The number of carbonyl (C=O) groups excluding carboxylic acids is 1. The largest absolute Gasteiger partial charge is 0.381 e. The Balaban J connectivity index is 1.39. The minimum Gasteiger partial charge on any atom is -0.381 e. The fourth-order valence-corrected chi connectivity index (χ4v) is 4.47. The van der Waals surface area contributed by atoms with E-state index in [2.05, 4.69) is 31.5 Å². The van der Waals surface area contributed by atoms with E-state index in [1.54, 1.807) is 0 Å². The zero-order valence-corrected chi connectivity index (χ0v) is 16.7. The van der Waals surface area contributed by atoms with E-state index in [-0.39, 0.29) is 5.91 Å². The van der Waals surface area contributed by atoms with Gasteiger partial charge in [-0.2, -0.15) is 0 Å². The van der Waals surface area contributed by atoms with Gasteiger partial charge in [0.25, 0.3) is 0 Å². The Bertz CT molecular complexity index is 775. The van der Waals surface area contributed by atoms with Crippen molar-refractivity contribution in [1.29, 1.82) is 0 Å². The lowest BCUT2D eigenvalue weighted by Gasteiger charge is -2.43. The maximum Gasteiger partial charge on any atom is 0.233 e. The van der Waals surface area contributed by atoms with Gasteiger partial charge >= 0.3 is 0 Å². The molecule has 0 atom stereocenters. The second-order valence-electron chi connectivity index (χ2n) is 7.86. The highest BCUT2D eigenvalue weighted by Crippen LogP contribution is 2.37. The summed E-state index contributed by atoms with van der Waals surface area (Å²) in [6.07, 6.45) is 5.43. The van der Waals surface area contributed by atoms with Crippen molar-refractivity contribution in [3.05, 3.63) is 54.1 Å². The van der Waals surface area contributed by atoms with Crippen LogP contribution < -0.4 is 0 Å². The predicted molar refractivity (Wildman–Crippen MR) is 108 cm³/mol. The Morgan fingerprint density at radius 2 is 1.79 bits per heavy atom. The first kappa shape index (κ1) is 19.2. The van der Waals surface area contributed by atoms with E-state index < -0.39 is 5.41 Å². The lowest BCUT2D eigenvalue weighted by atomic mass is 9.73. The number of aryl methyl sites for hydroxylation is 1. The van der Waals surface area contributed by atoms with E-state index in [0.717, 1.165) is 63.5 Å². The topological polar surface area (TPSA) is 50.6 Å². The highest BCUT2D eigenvalue weighted by molar-refractivity contribution is 5.88. The van der Waals surface area contributed by atoms with Gasteiger partial charge in [-0.05, 0) is 25.3 Å². The lowest BCUT2D eigenvalue weighted by Crippen LogP contribution is -2.56. The van der Waals surface area contributed by atoms with Crippen LogP contribution in [-0.2, 0) is 21.5 Å². The summed E-state index contributed by atoms with van der Waals surface area (Å²) in [5.41, 5.74) is 0.719. The van der Waals surface area contributed by atoms with Gasteiger partial charge in [-0.1, -0.05) is 30.3 Å². The zero-order chi connectivity index (χ0) is 19.4. The molecule has 0 bridgehead atoms. The number of hydrogen-bond acceptors (Lipinski definition) is 4. The second-order valence-corrected chi connectivity index (χ2v) is 7.86. The van der Waals surface area contributed by atoms with Gasteiger partial charge < -0.3 is 14.2 Å². The molecule has 2 fully saturated rings. The van der Waals surface area contributed by atoms with Crippen LogP contribution in [0.5, 0.6) is 0 Å². The number of ether oxygens (including phenoxy) is 1. The van der Waals surface area contributed by atoms with Gasteiger partial charge in [0.05, 0.1) is 5.41 Å².